The second-order valence-corrected chi connectivity index (χ2v) is 7.35. The van der Waals surface area contributed by atoms with Crippen molar-refractivity contribution in [3.8, 4) is 5.75 Å². The Balaban J connectivity index is 1.94. The maximum absolute atomic E-state index is 12.2. The van der Waals surface area contributed by atoms with Gasteiger partial charge < -0.3 is 9.64 Å². The van der Waals surface area contributed by atoms with Gasteiger partial charge in [-0.1, -0.05) is 30.3 Å². The van der Waals surface area contributed by atoms with E-state index in [0.717, 1.165) is 29.8 Å². The van der Waals surface area contributed by atoms with Crippen LogP contribution in [-0.2, 0) is 21.4 Å². The highest BCUT2D eigenvalue weighted by molar-refractivity contribution is 7.89. The smallest absolute Gasteiger partial charge is 0.406 e. The molecule has 10 heteroatoms. The minimum absolute atomic E-state index is 0.282. The Morgan fingerprint density at radius 2 is 1.67 bits per heavy atom. The number of nitrogens with zero attached hydrogens (tertiary/aromatic N) is 1. The molecule has 0 aliphatic carbocycles. The zero-order chi connectivity index (χ0) is 20.1. The second kappa shape index (κ2) is 8.40. The van der Waals surface area contributed by atoms with Crippen molar-refractivity contribution in [2.75, 3.05) is 13.6 Å². The summed E-state index contributed by atoms with van der Waals surface area (Å²) in [4.78, 5) is 13.2. The van der Waals surface area contributed by atoms with Crippen molar-refractivity contribution in [1.82, 2.24) is 9.62 Å². The number of carbonyl (C=O) groups excluding carboxylic acids is 1. The summed E-state index contributed by atoms with van der Waals surface area (Å²) in [5, 5.41) is 0. The first-order chi connectivity index (χ1) is 12.6. The maximum atomic E-state index is 12.2. The predicted octanol–water partition coefficient (Wildman–Crippen LogP) is 2.52. The molecule has 1 N–H and O–H groups in total. The normalized spacial score (nSPS) is 11.9. The molecule has 0 spiro atoms. The van der Waals surface area contributed by atoms with Crippen molar-refractivity contribution in [1.29, 1.82) is 0 Å². The van der Waals surface area contributed by atoms with Gasteiger partial charge in [0.05, 0.1) is 11.4 Å². The summed E-state index contributed by atoms with van der Waals surface area (Å²) in [6.07, 6.45) is -4.87. The fraction of sp³-hybridized carbons (Fsp3) is 0.235. The molecule has 0 aliphatic rings. The molecule has 0 radical (unpaired) electrons. The summed E-state index contributed by atoms with van der Waals surface area (Å²) < 4.78 is 66.5. The van der Waals surface area contributed by atoms with E-state index in [1.165, 1.54) is 11.9 Å². The van der Waals surface area contributed by atoms with E-state index in [-0.39, 0.29) is 4.90 Å². The molecule has 6 nitrogen and oxygen atoms in total. The van der Waals surface area contributed by atoms with Crippen LogP contribution in [0.1, 0.15) is 5.56 Å². The molecule has 27 heavy (non-hydrogen) atoms. The summed E-state index contributed by atoms with van der Waals surface area (Å²) >= 11 is 0. The lowest BCUT2D eigenvalue weighted by Crippen LogP contribution is -2.37. The highest BCUT2D eigenvalue weighted by atomic mass is 32.2. The molecule has 0 bridgehead atoms. The van der Waals surface area contributed by atoms with Gasteiger partial charge in [-0.3, -0.25) is 4.79 Å². The Morgan fingerprint density at radius 1 is 1.07 bits per heavy atom. The van der Waals surface area contributed by atoms with E-state index in [2.05, 4.69) is 9.46 Å². The van der Waals surface area contributed by atoms with Gasteiger partial charge in [0, 0.05) is 13.6 Å². The first-order valence-corrected chi connectivity index (χ1v) is 9.18. The summed E-state index contributed by atoms with van der Waals surface area (Å²) in [6, 6.07) is 12.8. The predicted molar refractivity (Wildman–Crippen MR) is 91.2 cm³/mol. The molecule has 2 aromatic carbocycles. The number of amides is 1. The third kappa shape index (κ3) is 6.57. The summed E-state index contributed by atoms with van der Waals surface area (Å²) in [6.45, 7) is -0.169. The fourth-order valence-electron chi connectivity index (χ4n) is 2.14. The summed E-state index contributed by atoms with van der Waals surface area (Å²) in [5.41, 5.74) is 0.886. The number of carbonyl (C=O) groups is 1. The highest BCUT2D eigenvalue weighted by Crippen LogP contribution is 2.23. The molecule has 0 unspecified atom stereocenters. The van der Waals surface area contributed by atoms with E-state index in [4.69, 9.17) is 0 Å². The van der Waals surface area contributed by atoms with Gasteiger partial charge >= 0.3 is 6.36 Å². The number of rotatable bonds is 7. The highest BCUT2D eigenvalue weighted by Gasteiger charge is 2.31. The molecule has 1 amide bonds. The third-order valence-electron chi connectivity index (χ3n) is 3.47. The van der Waals surface area contributed by atoms with Crippen LogP contribution < -0.4 is 9.46 Å². The van der Waals surface area contributed by atoms with Crippen LogP contribution in [0.4, 0.5) is 13.2 Å². The van der Waals surface area contributed by atoms with E-state index >= 15 is 0 Å². The van der Waals surface area contributed by atoms with Crippen LogP contribution in [0.15, 0.2) is 59.5 Å². The summed E-state index contributed by atoms with van der Waals surface area (Å²) in [5.74, 6) is -1.00. The van der Waals surface area contributed by atoms with Crippen molar-refractivity contribution in [3.63, 3.8) is 0 Å². The molecule has 2 aromatic rings. The van der Waals surface area contributed by atoms with Gasteiger partial charge in [-0.25, -0.2) is 13.1 Å². The van der Waals surface area contributed by atoms with Gasteiger partial charge in [-0.2, -0.15) is 0 Å². The van der Waals surface area contributed by atoms with E-state index < -0.39 is 34.6 Å². The molecule has 0 atom stereocenters. The van der Waals surface area contributed by atoms with E-state index in [9.17, 15) is 26.4 Å². The van der Waals surface area contributed by atoms with Crippen molar-refractivity contribution in [2.24, 2.45) is 0 Å². The number of ether oxygens (including phenoxy) is 1. The fourth-order valence-corrected chi connectivity index (χ4v) is 3.12. The Kier molecular flexibility index (Phi) is 6.45. The zero-order valence-corrected chi connectivity index (χ0v) is 15.0. The quantitative estimate of drug-likeness (QED) is 0.772. The molecule has 0 aliphatic heterocycles. The number of hydrogen-bond donors (Lipinski definition) is 1. The Bertz CT molecular complexity index is 869. The van der Waals surface area contributed by atoms with E-state index in [1.807, 2.05) is 30.3 Å². The van der Waals surface area contributed by atoms with Crippen molar-refractivity contribution < 1.29 is 31.1 Å². The van der Waals surface area contributed by atoms with Gasteiger partial charge in [0.25, 0.3) is 0 Å². The van der Waals surface area contributed by atoms with Crippen LogP contribution >= 0.6 is 0 Å². The number of sulfonamides is 1. The lowest BCUT2D eigenvalue weighted by Gasteiger charge is -2.17. The lowest BCUT2D eigenvalue weighted by molar-refractivity contribution is -0.274. The largest absolute Gasteiger partial charge is 0.573 e. The SMILES string of the molecule is CN(Cc1ccccc1)C(=O)CNS(=O)(=O)c1ccc(OC(F)(F)F)cc1. The monoisotopic (exact) mass is 402 g/mol. The van der Waals surface area contributed by atoms with Crippen LogP contribution in [-0.4, -0.2) is 39.2 Å². The van der Waals surface area contributed by atoms with E-state index in [0.29, 0.717) is 6.54 Å². The Morgan fingerprint density at radius 3 is 2.22 bits per heavy atom. The topological polar surface area (TPSA) is 75.7 Å². The third-order valence-corrected chi connectivity index (χ3v) is 4.89. The van der Waals surface area contributed by atoms with Gasteiger partial charge in [-0.15, -0.1) is 13.2 Å². The minimum Gasteiger partial charge on any atom is -0.406 e. The first-order valence-electron chi connectivity index (χ1n) is 7.70. The molecule has 2 rings (SSSR count). The van der Waals surface area contributed by atoms with Gasteiger partial charge in [0.1, 0.15) is 5.75 Å². The van der Waals surface area contributed by atoms with Crippen molar-refractivity contribution in [2.45, 2.75) is 17.8 Å². The Hall–Kier alpha value is -2.59. The lowest BCUT2D eigenvalue weighted by atomic mass is 10.2. The standard InChI is InChI=1S/C17H17F3N2O4S/c1-22(12-13-5-3-2-4-6-13)16(23)11-21-27(24,25)15-9-7-14(8-10-15)26-17(18,19)20/h2-10,21H,11-12H2,1H3. The molecule has 0 heterocycles. The average molecular weight is 402 g/mol. The van der Waals surface area contributed by atoms with Gasteiger partial charge in [0.15, 0.2) is 0 Å². The number of alkyl halides is 3. The average Bonchev–Trinajstić information content (AvgIpc) is 2.59. The second-order valence-electron chi connectivity index (χ2n) is 5.58. The molecule has 0 fully saturated rings. The van der Waals surface area contributed by atoms with Gasteiger partial charge in [-0.05, 0) is 29.8 Å². The number of hydrogen-bond acceptors (Lipinski definition) is 4. The molecule has 0 saturated carbocycles. The van der Waals surface area contributed by atoms with Crippen LogP contribution in [0, 0.1) is 0 Å². The molecular weight excluding hydrogens is 385 g/mol. The van der Waals surface area contributed by atoms with Crippen LogP contribution in [0.3, 0.4) is 0 Å². The zero-order valence-electron chi connectivity index (χ0n) is 14.2. The number of halogens is 3. The molecule has 0 aromatic heterocycles. The van der Waals surface area contributed by atoms with Crippen molar-refractivity contribution in [3.05, 3.63) is 60.2 Å². The van der Waals surface area contributed by atoms with Crippen molar-refractivity contribution >= 4 is 15.9 Å². The molecule has 0 saturated heterocycles. The van der Waals surface area contributed by atoms with Crippen LogP contribution in [0.2, 0.25) is 0 Å². The van der Waals surface area contributed by atoms with E-state index in [1.54, 1.807) is 0 Å². The van der Waals surface area contributed by atoms with Crippen LogP contribution in [0.5, 0.6) is 5.75 Å². The summed E-state index contributed by atoms with van der Waals surface area (Å²) in [7, 11) is -2.52. The van der Waals surface area contributed by atoms with Crippen LogP contribution in [0.25, 0.3) is 0 Å². The minimum atomic E-state index is -4.87. The molecular formula is C17H17F3N2O4S. The Labute approximate surface area is 154 Å². The van der Waals surface area contributed by atoms with Gasteiger partial charge in [0.2, 0.25) is 15.9 Å². The number of benzene rings is 2. The molecule has 146 valence electrons. The number of nitrogens with one attached hydrogen (secondary N) is 1. The first kappa shape index (κ1) is 20.7. The number of likely N-dealkylation sites (N-methyl/N-ethyl adjacent to an activating group) is 1. The maximum Gasteiger partial charge on any atom is 0.573 e.